The highest BCUT2D eigenvalue weighted by atomic mass is 32.2. The quantitative estimate of drug-likeness (QED) is 0.625. The van der Waals surface area contributed by atoms with E-state index in [1.807, 2.05) is 24.4 Å². The molecule has 23 heavy (non-hydrogen) atoms. The number of amidine groups is 1. The Hall–Kier alpha value is -1.99. The van der Waals surface area contributed by atoms with Gasteiger partial charge in [0.25, 0.3) is 0 Å². The van der Waals surface area contributed by atoms with Crippen molar-refractivity contribution in [3.05, 3.63) is 58.0 Å². The van der Waals surface area contributed by atoms with Crippen molar-refractivity contribution in [2.24, 2.45) is 10.2 Å². The molecule has 4 nitrogen and oxygen atoms in total. The van der Waals surface area contributed by atoms with E-state index >= 15 is 0 Å². The fourth-order valence-corrected chi connectivity index (χ4v) is 3.58. The summed E-state index contributed by atoms with van der Waals surface area (Å²) in [5, 5.41) is 10.6. The van der Waals surface area contributed by atoms with Crippen molar-refractivity contribution in [1.82, 2.24) is 4.90 Å². The van der Waals surface area contributed by atoms with Crippen LogP contribution in [0.3, 0.4) is 0 Å². The van der Waals surface area contributed by atoms with E-state index in [0.717, 1.165) is 10.4 Å². The summed E-state index contributed by atoms with van der Waals surface area (Å²) in [4.78, 5) is 14.9. The molecule has 1 aliphatic heterocycles. The lowest BCUT2D eigenvalue weighted by Crippen LogP contribution is -2.30. The van der Waals surface area contributed by atoms with E-state index in [1.165, 1.54) is 23.9 Å². The van der Waals surface area contributed by atoms with Crippen LogP contribution < -0.4 is 0 Å². The highest BCUT2D eigenvalue weighted by Gasteiger charge is 2.35. The second-order valence-electron chi connectivity index (χ2n) is 4.95. The van der Waals surface area contributed by atoms with Crippen LogP contribution in [0, 0.1) is 5.82 Å². The van der Waals surface area contributed by atoms with Crippen LogP contribution >= 0.6 is 23.1 Å². The Kier molecular flexibility index (Phi) is 4.88. The standard InChI is InChI=1S/C16H14FN3OS2/c1-11-15(21)20(10-12-4-6-13(17)7-5-12)16(23-11)19-18-9-14-3-2-8-22-14/h2-9,11H,10H2,1H3/b18-9-,19-16+/t11-/m1/s1. The molecule has 1 atom stereocenters. The first-order valence-corrected chi connectivity index (χ1v) is 8.76. The first-order chi connectivity index (χ1) is 11.1. The maximum atomic E-state index is 13.0. The molecule has 0 bridgehead atoms. The number of nitrogens with zero attached hydrogens (tertiary/aromatic N) is 3. The number of carbonyl (C=O) groups excluding carboxylic acids is 1. The fourth-order valence-electron chi connectivity index (χ4n) is 2.08. The molecule has 0 saturated carbocycles. The molecule has 1 aromatic carbocycles. The number of hydrogen-bond acceptors (Lipinski definition) is 5. The van der Waals surface area contributed by atoms with Gasteiger partial charge in [0.1, 0.15) is 5.82 Å². The SMILES string of the molecule is C[C@H]1S/C(=N/N=C\c2cccs2)N(Cc2ccc(F)cc2)C1=O. The first-order valence-electron chi connectivity index (χ1n) is 7.00. The number of hydrogen-bond donors (Lipinski definition) is 0. The molecule has 1 amide bonds. The summed E-state index contributed by atoms with van der Waals surface area (Å²) in [6.45, 7) is 2.21. The van der Waals surface area contributed by atoms with Gasteiger partial charge in [-0.3, -0.25) is 9.69 Å². The zero-order chi connectivity index (χ0) is 16.2. The molecule has 0 aliphatic carbocycles. The van der Waals surface area contributed by atoms with E-state index in [-0.39, 0.29) is 17.0 Å². The van der Waals surface area contributed by atoms with Gasteiger partial charge in [-0.2, -0.15) is 5.10 Å². The van der Waals surface area contributed by atoms with Crippen molar-refractivity contribution >= 4 is 40.4 Å². The highest BCUT2D eigenvalue weighted by molar-refractivity contribution is 8.15. The van der Waals surface area contributed by atoms with Gasteiger partial charge in [0.2, 0.25) is 5.91 Å². The predicted molar refractivity (Wildman–Crippen MR) is 93.4 cm³/mol. The first kappa shape index (κ1) is 15.9. The zero-order valence-electron chi connectivity index (χ0n) is 12.3. The average molecular weight is 347 g/mol. The minimum atomic E-state index is -0.293. The fraction of sp³-hybridized carbons (Fsp3) is 0.188. The molecule has 2 aromatic rings. The van der Waals surface area contributed by atoms with Crippen LogP contribution in [0.25, 0.3) is 0 Å². The number of benzene rings is 1. The Morgan fingerprint density at radius 1 is 1.30 bits per heavy atom. The number of thioether (sulfide) groups is 1. The molecule has 0 unspecified atom stereocenters. The van der Waals surface area contributed by atoms with Crippen LogP contribution in [0.5, 0.6) is 0 Å². The third kappa shape index (κ3) is 3.86. The minimum Gasteiger partial charge on any atom is -0.284 e. The Bertz CT molecular complexity index is 741. The summed E-state index contributed by atoms with van der Waals surface area (Å²) in [7, 11) is 0. The van der Waals surface area contributed by atoms with Crippen molar-refractivity contribution < 1.29 is 9.18 Å². The number of halogens is 1. The van der Waals surface area contributed by atoms with Crippen molar-refractivity contribution in [2.45, 2.75) is 18.7 Å². The van der Waals surface area contributed by atoms with Gasteiger partial charge in [-0.15, -0.1) is 16.4 Å². The van der Waals surface area contributed by atoms with Gasteiger partial charge in [0.15, 0.2) is 5.17 Å². The minimum absolute atomic E-state index is 0.00982. The number of amides is 1. The van der Waals surface area contributed by atoms with Gasteiger partial charge in [-0.1, -0.05) is 30.0 Å². The lowest BCUT2D eigenvalue weighted by atomic mass is 10.2. The second kappa shape index (κ2) is 7.06. The zero-order valence-corrected chi connectivity index (χ0v) is 14.0. The molecule has 0 spiro atoms. The van der Waals surface area contributed by atoms with Gasteiger partial charge in [-0.05, 0) is 36.1 Å². The van der Waals surface area contributed by atoms with Gasteiger partial charge in [0, 0.05) is 4.88 Å². The highest BCUT2D eigenvalue weighted by Crippen LogP contribution is 2.28. The molecular formula is C16H14FN3OS2. The van der Waals surface area contributed by atoms with Crippen LogP contribution in [0.4, 0.5) is 4.39 Å². The monoisotopic (exact) mass is 347 g/mol. The molecule has 1 aliphatic rings. The summed E-state index contributed by atoms with van der Waals surface area (Å²) in [5.41, 5.74) is 0.851. The Morgan fingerprint density at radius 2 is 2.09 bits per heavy atom. The Balaban J connectivity index is 1.77. The number of thiophene rings is 1. The maximum Gasteiger partial charge on any atom is 0.242 e. The van der Waals surface area contributed by atoms with Crippen LogP contribution in [-0.2, 0) is 11.3 Å². The smallest absolute Gasteiger partial charge is 0.242 e. The van der Waals surface area contributed by atoms with E-state index in [2.05, 4.69) is 10.2 Å². The summed E-state index contributed by atoms with van der Waals surface area (Å²) >= 11 is 2.95. The Morgan fingerprint density at radius 3 is 2.78 bits per heavy atom. The molecule has 1 saturated heterocycles. The van der Waals surface area contributed by atoms with Crippen LogP contribution in [0.2, 0.25) is 0 Å². The van der Waals surface area contributed by atoms with E-state index in [1.54, 1.807) is 34.6 Å². The third-order valence-corrected chi connectivity index (χ3v) is 5.13. The topological polar surface area (TPSA) is 45.0 Å². The Labute approximate surface area is 141 Å². The predicted octanol–water partition coefficient (Wildman–Crippen LogP) is 3.74. The molecule has 2 heterocycles. The molecular weight excluding hydrogens is 333 g/mol. The molecule has 1 aromatic heterocycles. The van der Waals surface area contributed by atoms with Crippen LogP contribution in [-0.4, -0.2) is 27.4 Å². The summed E-state index contributed by atoms with van der Waals surface area (Å²) in [6.07, 6.45) is 1.67. The largest absolute Gasteiger partial charge is 0.284 e. The molecule has 118 valence electrons. The van der Waals surface area contributed by atoms with Crippen molar-refractivity contribution in [3.8, 4) is 0 Å². The molecule has 0 N–H and O–H groups in total. The normalized spacial score (nSPS) is 20.1. The lowest BCUT2D eigenvalue weighted by Gasteiger charge is -2.15. The molecule has 1 fully saturated rings. The van der Waals surface area contributed by atoms with Gasteiger partial charge < -0.3 is 0 Å². The molecule has 0 radical (unpaired) electrons. The van der Waals surface area contributed by atoms with E-state index in [0.29, 0.717) is 11.7 Å². The molecule has 3 rings (SSSR count). The van der Waals surface area contributed by atoms with Crippen molar-refractivity contribution in [1.29, 1.82) is 0 Å². The van der Waals surface area contributed by atoms with Gasteiger partial charge >= 0.3 is 0 Å². The van der Waals surface area contributed by atoms with Crippen molar-refractivity contribution in [2.75, 3.05) is 0 Å². The third-order valence-electron chi connectivity index (χ3n) is 3.25. The van der Waals surface area contributed by atoms with Gasteiger partial charge in [-0.25, -0.2) is 4.39 Å². The van der Waals surface area contributed by atoms with E-state index in [9.17, 15) is 9.18 Å². The van der Waals surface area contributed by atoms with E-state index in [4.69, 9.17) is 0 Å². The maximum absolute atomic E-state index is 13.0. The summed E-state index contributed by atoms with van der Waals surface area (Å²) < 4.78 is 13.0. The van der Waals surface area contributed by atoms with Crippen LogP contribution in [0.15, 0.2) is 52.0 Å². The molecule has 7 heteroatoms. The summed E-state index contributed by atoms with van der Waals surface area (Å²) in [6, 6.07) is 10.00. The van der Waals surface area contributed by atoms with Gasteiger partial charge in [0.05, 0.1) is 18.0 Å². The van der Waals surface area contributed by atoms with E-state index < -0.39 is 0 Å². The van der Waals surface area contributed by atoms with Crippen molar-refractivity contribution in [3.63, 3.8) is 0 Å². The van der Waals surface area contributed by atoms with Crippen LogP contribution in [0.1, 0.15) is 17.4 Å². The lowest BCUT2D eigenvalue weighted by molar-refractivity contribution is -0.126. The number of carbonyl (C=O) groups is 1. The average Bonchev–Trinajstić information content (AvgIpc) is 3.14. The number of rotatable bonds is 4. The second-order valence-corrected chi connectivity index (χ2v) is 7.24. The summed E-state index contributed by atoms with van der Waals surface area (Å²) in [5.74, 6) is -0.303.